The van der Waals surface area contributed by atoms with Gasteiger partial charge in [-0.25, -0.2) is 0 Å². The minimum Gasteiger partial charge on any atom is -0.507 e. The third-order valence-corrected chi connectivity index (χ3v) is 6.45. The van der Waals surface area contributed by atoms with E-state index in [1.165, 1.54) is 9.80 Å². The summed E-state index contributed by atoms with van der Waals surface area (Å²) in [5.41, 5.74) is -0.687. The molecule has 1 spiro atoms. The molecular weight excluding hydrogens is 460 g/mol. The number of hydrogen-bond donors (Lipinski definition) is 1. The molecular formula is C28H30N2O6. The number of fused-ring (bicyclic) bond motifs is 2. The molecule has 1 saturated heterocycles. The van der Waals surface area contributed by atoms with Crippen molar-refractivity contribution in [3.05, 3.63) is 77.9 Å². The van der Waals surface area contributed by atoms with Crippen LogP contribution in [0.3, 0.4) is 0 Å². The summed E-state index contributed by atoms with van der Waals surface area (Å²) >= 11 is 0. The SMILES string of the molecule is C=CCN1C(=O)C2(C(=C(O)c3ccc(OCCC)cc3)C(=O)C(=O)N2CCCOC)c2ccccc21. The van der Waals surface area contributed by atoms with Crippen LogP contribution in [0.1, 0.15) is 30.9 Å². The van der Waals surface area contributed by atoms with Gasteiger partial charge in [-0.05, 0) is 43.2 Å². The summed E-state index contributed by atoms with van der Waals surface area (Å²) in [6.45, 7) is 6.92. The lowest BCUT2D eigenvalue weighted by Crippen LogP contribution is -2.52. The van der Waals surface area contributed by atoms with Crippen molar-refractivity contribution in [2.75, 3.05) is 38.3 Å². The van der Waals surface area contributed by atoms with Crippen molar-refractivity contribution in [2.45, 2.75) is 25.3 Å². The lowest BCUT2D eigenvalue weighted by atomic mass is 9.82. The first kappa shape index (κ1) is 25.2. The Kier molecular flexibility index (Phi) is 7.26. The van der Waals surface area contributed by atoms with Crippen molar-refractivity contribution in [2.24, 2.45) is 0 Å². The number of carbonyl (C=O) groups excluding carboxylic acids is 3. The molecule has 2 aliphatic rings. The first-order chi connectivity index (χ1) is 17.4. The maximum absolute atomic E-state index is 14.2. The second kappa shape index (κ2) is 10.4. The maximum atomic E-state index is 14.2. The van der Waals surface area contributed by atoms with Crippen molar-refractivity contribution < 1.29 is 29.0 Å². The van der Waals surface area contributed by atoms with Crippen LogP contribution in [0.4, 0.5) is 5.69 Å². The average molecular weight is 491 g/mol. The predicted molar refractivity (Wildman–Crippen MR) is 136 cm³/mol. The molecule has 0 aromatic heterocycles. The number of aliphatic hydroxyl groups excluding tert-OH is 1. The number of amides is 2. The number of methoxy groups -OCH3 is 1. The number of carbonyl (C=O) groups is 3. The highest BCUT2D eigenvalue weighted by Gasteiger charge is 2.66. The smallest absolute Gasteiger partial charge is 0.296 e. The molecule has 0 bridgehead atoms. The van der Waals surface area contributed by atoms with Crippen LogP contribution >= 0.6 is 0 Å². The van der Waals surface area contributed by atoms with E-state index in [9.17, 15) is 19.5 Å². The molecule has 1 unspecified atom stereocenters. The highest BCUT2D eigenvalue weighted by Crippen LogP contribution is 2.53. The zero-order valence-electron chi connectivity index (χ0n) is 20.5. The minimum absolute atomic E-state index is 0.0982. The molecule has 2 aromatic carbocycles. The fourth-order valence-electron chi connectivity index (χ4n) is 4.92. The first-order valence-electron chi connectivity index (χ1n) is 12.0. The second-order valence-electron chi connectivity index (χ2n) is 8.66. The van der Waals surface area contributed by atoms with Crippen molar-refractivity contribution in [1.82, 2.24) is 4.90 Å². The number of benzene rings is 2. The van der Waals surface area contributed by atoms with E-state index < -0.39 is 28.9 Å². The number of aliphatic hydroxyl groups is 1. The van der Waals surface area contributed by atoms with Crippen LogP contribution < -0.4 is 9.64 Å². The van der Waals surface area contributed by atoms with Crippen LogP contribution in [-0.2, 0) is 24.7 Å². The van der Waals surface area contributed by atoms with Crippen molar-refractivity contribution in [3.63, 3.8) is 0 Å². The number of nitrogens with zero attached hydrogens (tertiary/aromatic N) is 2. The van der Waals surface area contributed by atoms with E-state index in [0.29, 0.717) is 42.2 Å². The molecule has 1 N–H and O–H groups in total. The number of para-hydroxylation sites is 1. The number of anilines is 1. The van der Waals surface area contributed by atoms with E-state index in [4.69, 9.17) is 9.47 Å². The van der Waals surface area contributed by atoms with Crippen LogP contribution in [0.25, 0.3) is 5.76 Å². The van der Waals surface area contributed by atoms with Crippen LogP contribution in [0.15, 0.2) is 66.8 Å². The molecule has 1 fully saturated rings. The molecule has 2 heterocycles. The Labute approximate surface area is 210 Å². The van der Waals surface area contributed by atoms with E-state index in [1.54, 1.807) is 61.7 Å². The molecule has 0 radical (unpaired) electrons. The van der Waals surface area contributed by atoms with E-state index in [-0.39, 0.29) is 18.7 Å². The molecule has 0 aliphatic carbocycles. The van der Waals surface area contributed by atoms with E-state index in [1.807, 2.05) is 6.92 Å². The molecule has 2 aromatic rings. The summed E-state index contributed by atoms with van der Waals surface area (Å²) in [7, 11) is 1.54. The zero-order valence-corrected chi connectivity index (χ0v) is 20.5. The Bertz CT molecular complexity index is 1220. The van der Waals surface area contributed by atoms with Gasteiger partial charge in [0.2, 0.25) is 0 Å². The maximum Gasteiger partial charge on any atom is 0.296 e. The summed E-state index contributed by atoms with van der Waals surface area (Å²) in [5, 5.41) is 11.5. The van der Waals surface area contributed by atoms with Crippen LogP contribution in [0, 0.1) is 0 Å². The molecule has 4 rings (SSSR count). The minimum atomic E-state index is -1.79. The van der Waals surface area contributed by atoms with Gasteiger partial charge < -0.3 is 24.4 Å². The molecule has 36 heavy (non-hydrogen) atoms. The van der Waals surface area contributed by atoms with Crippen molar-refractivity contribution in [3.8, 4) is 5.75 Å². The summed E-state index contributed by atoms with van der Waals surface area (Å²) in [6.07, 6.45) is 2.84. The predicted octanol–water partition coefficient (Wildman–Crippen LogP) is 3.62. The lowest BCUT2D eigenvalue weighted by molar-refractivity contribution is -0.143. The van der Waals surface area contributed by atoms with Gasteiger partial charge in [-0.2, -0.15) is 0 Å². The van der Waals surface area contributed by atoms with Gasteiger partial charge in [0.25, 0.3) is 17.6 Å². The summed E-state index contributed by atoms with van der Waals surface area (Å²) in [4.78, 5) is 43.8. The Morgan fingerprint density at radius 3 is 2.47 bits per heavy atom. The zero-order chi connectivity index (χ0) is 25.9. The highest BCUT2D eigenvalue weighted by molar-refractivity contribution is 6.50. The van der Waals surface area contributed by atoms with Crippen LogP contribution in [0.2, 0.25) is 0 Å². The Balaban J connectivity index is 1.94. The van der Waals surface area contributed by atoms with Crippen molar-refractivity contribution in [1.29, 1.82) is 0 Å². The van der Waals surface area contributed by atoms with Gasteiger partial charge in [0.15, 0.2) is 5.54 Å². The fraction of sp³-hybridized carbons (Fsp3) is 0.321. The van der Waals surface area contributed by atoms with Gasteiger partial charge in [0.1, 0.15) is 11.5 Å². The molecule has 8 nitrogen and oxygen atoms in total. The summed E-state index contributed by atoms with van der Waals surface area (Å²) in [6, 6.07) is 13.6. The molecule has 1 atom stereocenters. The van der Waals surface area contributed by atoms with Gasteiger partial charge in [-0.15, -0.1) is 6.58 Å². The monoisotopic (exact) mass is 490 g/mol. The number of rotatable bonds is 10. The molecule has 0 saturated carbocycles. The van der Waals surface area contributed by atoms with Gasteiger partial charge in [0.05, 0.1) is 17.9 Å². The average Bonchev–Trinajstić information content (AvgIpc) is 3.27. The summed E-state index contributed by atoms with van der Waals surface area (Å²) < 4.78 is 10.8. The molecule has 188 valence electrons. The van der Waals surface area contributed by atoms with Crippen LogP contribution in [-0.4, -0.2) is 61.0 Å². The van der Waals surface area contributed by atoms with Gasteiger partial charge in [0, 0.05) is 37.9 Å². The first-order valence-corrected chi connectivity index (χ1v) is 12.0. The van der Waals surface area contributed by atoms with Gasteiger partial charge >= 0.3 is 0 Å². The Morgan fingerprint density at radius 1 is 1.08 bits per heavy atom. The van der Waals surface area contributed by atoms with Gasteiger partial charge in [-0.3, -0.25) is 14.4 Å². The Hall–Kier alpha value is -3.91. The number of likely N-dealkylation sites (tertiary alicyclic amines) is 1. The molecule has 8 heteroatoms. The highest BCUT2D eigenvalue weighted by atomic mass is 16.5. The van der Waals surface area contributed by atoms with Crippen LogP contribution in [0.5, 0.6) is 5.75 Å². The Morgan fingerprint density at radius 2 is 1.81 bits per heavy atom. The fourth-order valence-corrected chi connectivity index (χ4v) is 4.92. The number of hydrogen-bond acceptors (Lipinski definition) is 6. The van der Waals surface area contributed by atoms with E-state index in [0.717, 1.165) is 6.42 Å². The number of ketones is 1. The topological polar surface area (TPSA) is 96.4 Å². The normalized spacial score (nSPS) is 20.3. The van der Waals surface area contributed by atoms with Gasteiger partial charge in [-0.1, -0.05) is 31.2 Å². The third kappa shape index (κ3) is 3.87. The number of Topliss-reactive ketones (excluding diaryl/α,β-unsaturated/α-hetero) is 1. The largest absolute Gasteiger partial charge is 0.507 e. The van der Waals surface area contributed by atoms with E-state index >= 15 is 0 Å². The lowest BCUT2D eigenvalue weighted by Gasteiger charge is -2.34. The standard InChI is InChI=1S/C28H30N2O6/c1-4-15-29-22-10-7-6-9-21(22)28(27(29)34)23(25(32)26(33)30(28)16-8-18-35-3)24(31)19-11-13-20(14-12-19)36-17-5-2/h4,6-7,9-14,31H,1,5,8,15-18H2,2-3H3. The molecule has 2 amide bonds. The number of ether oxygens (including phenoxy) is 2. The quantitative estimate of drug-likeness (QED) is 0.180. The summed E-state index contributed by atoms with van der Waals surface area (Å²) in [5.74, 6) is -2.01. The molecule has 2 aliphatic heterocycles. The van der Waals surface area contributed by atoms with E-state index in [2.05, 4.69) is 6.58 Å². The second-order valence-corrected chi connectivity index (χ2v) is 8.66. The third-order valence-electron chi connectivity index (χ3n) is 6.45. The van der Waals surface area contributed by atoms with Crippen molar-refractivity contribution >= 4 is 29.0 Å².